The standard InChI is InChI=1S/C22H23ClN4O4S/c1-13-11-18(12-14(2)20(13)23)31-16(4)21(28)26-17-5-7-19(8-6-17)32(29,30)27-22-24-10-9-15(3)25-22/h5-12,16H,1-4H3,(H,26,28)(H,24,25,27)/t16-/m0/s1. The molecule has 0 aliphatic rings. The monoisotopic (exact) mass is 474 g/mol. The molecule has 3 rings (SSSR count). The number of nitrogens with zero attached hydrogens (tertiary/aromatic N) is 2. The number of nitrogens with one attached hydrogen (secondary N) is 2. The van der Waals surface area contributed by atoms with E-state index in [-0.39, 0.29) is 16.8 Å². The molecule has 3 aromatic rings. The Hall–Kier alpha value is -3.17. The fraction of sp³-hybridized carbons (Fsp3) is 0.227. The van der Waals surface area contributed by atoms with Gasteiger partial charge in [0.25, 0.3) is 15.9 Å². The van der Waals surface area contributed by atoms with Crippen LogP contribution in [0.2, 0.25) is 5.02 Å². The first-order valence-electron chi connectivity index (χ1n) is 9.72. The van der Waals surface area contributed by atoms with Gasteiger partial charge in [-0.3, -0.25) is 4.79 Å². The molecule has 0 saturated heterocycles. The Balaban J connectivity index is 1.65. The second kappa shape index (κ2) is 9.54. The third-order valence-corrected chi connectivity index (χ3v) is 6.48. The average Bonchev–Trinajstić information content (AvgIpc) is 2.72. The third-order valence-electron chi connectivity index (χ3n) is 4.54. The van der Waals surface area contributed by atoms with Gasteiger partial charge in [0, 0.05) is 22.6 Å². The Morgan fingerprint density at radius 3 is 2.28 bits per heavy atom. The van der Waals surface area contributed by atoms with Crippen molar-refractivity contribution in [3.8, 4) is 5.75 Å². The number of ether oxygens (including phenoxy) is 1. The molecule has 1 atom stereocenters. The number of hydrogen-bond donors (Lipinski definition) is 2. The van der Waals surface area contributed by atoms with Crippen LogP contribution in [0.25, 0.3) is 0 Å². The van der Waals surface area contributed by atoms with Gasteiger partial charge in [0.05, 0.1) is 4.90 Å². The van der Waals surface area contributed by atoms with Gasteiger partial charge in [0.2, 0.25) is 5.95 Å². The first-order chi connectivity index (χ1) is 15.0. The van der Waals surface area contributed by atoms with Gasteiger partial charge >= 0.3 is 0 Å². The molecule has 32 heavy (non-hydrogen) atoms. The molecule has 0 fully saturated rings. The molecule has 0 radical (unpaired) electrons. The van der Waals surface area contributed by atoms with Gasteiger partial charge in [-0.05, 0) is 81.3 Å². The summed E-state index contributed by atoms with van der Waals surface area (Å²) in [6, 6.07) is 10.9. The molecule has 1 heterocycles. The van der Waals surface area contributed by atoms with Crippen LogP contribution < -0.4 is 14.8 Å². The van der Waals surface area contributed by atoms with Gasteiger partial charge in [-0.1, -0.05) is 11.6 Å². The smallest absolute Gasteiger partial charge is 0.265 e. The number of aryl methyl sites for hydroxylation is 3. The van der Waals surface area contributed by atoms with Crippen LogP contribution in [-0.4, -0.2) is 30.4 Å². The highest BCUT2D eigenvalue weighted by molar-refractivity contribution is 7.92. The van der Waals surface area contributed by atoms with Crippen LogP contribution in [0.4, 0.5) is 11.6 Å². The Morgan fingerprint density at radius 2 is 1.69 bits per heavy atom. The minimum atomic E-state index is -3.87. The number of amides is 1. The van der Waals surface area contributed by atoms with Crippen molar-refractivity contribution in [3.63, 3.8) is 0 Å². The number of carbonyl (C=O) groups is 1. The quantitative estimate of drug-likeness (QED) is 0.529. The zero-order valence-electron chi connectivity index (χ0n) is 18.0. The Kier molecular flexibility index (Phi) is 7.00. The van der Waals surface area contributed by atoms with Gasteiger partial charge in [-0.15, -0.1) is 0 Å². The average molecular weight is 475 g/mol. The summed E-state index contributed by atoms with van der Waals surface area (Å²) in [4.78, 5) is 20.4. The van der Waals surface area contributed by atoms with E-state index in [0.717, 1.165) is 11.1 Å². The van der Waals surface area contributed by atoms with Crippen molar-refractivity contribution >= 4 is 39.2 Å². The van der Waals surface area contributed by atoms with E-state index in [1.807, 2.05) is 13.8 Å². The van der Waals surface area contributed by atoms with Crippen LogP contribution in [0.1, 0.15) is 23.7 Å². The minimum Gasteiger partial charge on any atom is -0.481 e. The molecule has 0 aliphatic heterocycles. The molecule has 1 amide bonds. The summed E-state index contributed by atoms with van der Waals surface area (Å²) in [7, 11) is -3.87. The fourth-order valence-corrected chi connectivity index (χ4v) is 3.93. The second-order valence-electron chi connectivity index (χ2n) is 7.27. The molecule has 168 valence electrons. The summed E-state index contributed by atoms with van der Waals surface area (Å²) in [5, 5.41) is 3.37. The van der Waals surface area contributed by atoms with E-state index >= 15 is 0 Å². The van der Waals surface area contributed by atoms with Crippen molar-refractivity contribution in [3.05, 3.63) is 70.5 Å². The van der Waals surface area contributed by atoms with Crippen LogP contribution in [0.5, 0.6) is 5.75 Å². The number of carbonyl (C=O) groups excluding carboxylic acids is 1. The Labute approximate surface area is 192 Å². The second-order valence-corrected chi connectivity index (χ2v) is 9.33. The van der Waals surface area contributed by atoms with Gasteiger partial charge in [-0.2, -0.15) is 0 Å². The van der Waals surface area contributed by atoms with Crippen molar-refractivity contribution in [2.75, 3.05) is 10.0 Å². The number of sulfonamides is 1. The van der Waals surface area contributed by atoms with Gasteiger partial charge in [-0.25, -0.2) is 23.1 Å². The van der Waals surface area contributed by atoms with E-state index in [1.54, 1.807) is 32.0 Å². The zero-order valence-corrected chi connectivity index (χ0v) is 19.6. The lowest BCUT2D eigenvalue weighted by Crippen LogP contribution is -2.30. The first kappa shape index (κ1) is 23.5. The maximum Gasteiger partial charge on any atom is 0.265 e. The number of hydrogen-bond acceptors (Lipinski definition) is 6. The first-order valence-corrected chi connectivity index (χ1v) is 11.6. The lowest BCUT2D eigenvalue weighted by atomic mass is 10.1. The van der Waals surface area contributed by atoms with Gasteiger partial charge < -0.3 is 10.1 Å². The molecule has 0 bridgehead atoms. The van der Waals surface area contributed by atoms with Crippen LogP contribution in [0, 0.1) is 20.8 Å². The van der Waals surface area contributed by atoms with Crippen molar-refractivity contribution in [2.45, 2.75) is 38.7 Å². The molecule has 0 saturated carbocycles. The summed E-state index contributed by atoms with van der Waals surface area (Å²) in [6.07, 6.45) is 0.688. The van der Waals surface area contributed by atoms with Gasteiger partial charge in [0.1, 0.15) is 5.75 Å². The van der Waals surface area contributed by atoms with Crippen molar-refractivity contribution < 1.29 is 17.9 Å². The molecular formula is C22H23ClN4O4S. The number of anilines is 2. The molecule has 10 heteroatoms. The normalized spacial score (nSPS) is 12.2. The SMILES string of the molecule is Cc1ccnc(NS(=O)(=O)c2ccc(NC(=O)[C@H](C)Oc3cc(C)c(Cl)c(C)c3)cc2)n1. The lowest BCUT2D eigenvalue weighted by molar-refractivity contribution is -0.122. The molecule has 0 unspecified atom stereocenters. The fourth-order valence-electron chi connectivity index (χ4n) is 2.87. The highest BCUT2D eigenvalue weighted by Gasteiger charge is 2.18. The van der Waals surface area contributed by atoms with Crippen molar-refractivity contribution in [1.82, 2.24) is 9.97 Å². The molecule has 0 aliphatic carbocycles. The summed E-state index contributed by atoms with van der Waals surface area (Å²) in [5.74, 6) is 0.149. The summed E-state index contributed by atoms with van der Waals surface area (Å²) >= 11 is 6.16. The maximum absolute atomic E-state index is 12.5. The van der Waals surface area contributed by atoms with E-state index in [2.05, 4.69) is 20.0 Å². The van der Waals surface area contributed by atoms with Crippen LogP contribution in [0.3, 0.4) is 0 Å². The van der Waals surface area contributed by atoms with E-state index < -0.39 is 16.1 Å². The third kappa shape index (κ3) is 5.74. The Bertz CT molecular complexity index is 1220. The molecular weight excluding hydrogens is 452 g/mol. The molecule has 8 nitrogen and oxygen atoms in total. The Morgan fingerprint density at radius 1 is 1.06 bits per heavy atom. The van der Waals surface area contributed by atoms with Crippen molar-refractivity contribution in [1.29, 1.82) is 0 Å². The van der Waals surface area contributed by atoms with E-state index in [9.17, 15) is 13.2 Å². The number of halogens is 1. The minimum absolute atomic E-state index is 0.0111. The predicted octanol–water partition coefficient (Wildman–Crippen LogP) is 4.26. The lowest BCUT2D eigenvalue weighted by Gasteiger charge is -2.16. The molecule has 2 aromatic carbocycles. The topological polar surface area (TPSA) is 110 Å². The molecule has 0 spiro atoms. The van der Waals surface area contributed by atoms with E-state index in [4.69, 9.17) is 16.3 Å². The van der Waals surface area contributed by atoms with E-state index in [0.29, 0.717) is 22.2 Å². The van der Waals surface area contributed by atoms with Gasteiger partial charge in [0.15, 0.2) is 6.10 Å². The number of benzene rings is 2. The zero-order chi connectivity index (χ0) is 23.5. The van der Waals surface area contributed by atoms with E-state index in [1.165, 1.54) is 30.5 Å². The van der Waals surface area contributed by atoms with Crippen LogP contribution in [0.15, 0.2) is 53.6 Å². The summed E-state index contributed by atoms with van der Waals surface area (Å²) < 4.78 is 33.1. The number of aromatic nitrogens is 2. The largest absolute Gasteiger partial charge is 0.481 e. The van der Waals surface area contributed by atoms with Crippen LogP contribution >= 0.6 is 11.6 Å². The highest BCUT2D eigenvalue weighted by atomic mass is 35.5. The predicted molar refractivity (Wildman–Crippen MR) is 124 cm³/mol. The maximum atomic E-state index is 12.5. The number of rotatable bonds is 7. The molecule has 1 aromatic heterocycles. The van der Waals surface area contributed by atoms with Crippen LogP contribution in [-0.2, 0) is 14.8 Å². The van der Waals surface area contributed by atoms with Crippen molar-refractivity contribution in [2.24, 2.45) is 0 Å². The highest BCUT2D eigenvalue weighted by Crippen LogP contribution is 2.26. The summed E-state index contributed by atoms with van der Waals surface area (Å²) in [5.41, 5.74) is 2.78. The summed E-state index contributed by atoms with van der Waals surface area (Å²) in [6.45, 7) is 7.08. The molecule has 2 N–H and O–H groups in total.